The molecule has 0 spiro atoms. The molecule has 1 aliphatic rings. The Morgan fingerprint density at radius 3 is 2.72 bits per heavy atom. The summed E-state index contributed by atoms with van der Waals surface area (Å²) < 4.78 is 10.9. The first-order valence-corrected chi connectivity index (χ1v) is 5.27. The van der Waals surface area contributed by atoms with Crippen LogP contribution >= 0.6 is 24.8 Å². The normalized spacial score (nSPS) is 17.3. The molecule has 1 saturated heterocycles. The van der Waals surface area contributed by atoms with Crippen molar-refractivity contribution in [3.05, 3.63) is 36.3 Å². The van der Waals surface area contributed by atoms with Crippen LogP contribution in [0.3, 0.4) is 0 Å². The number of hydrogen-bond acceptors (Lipinski definition) is 4. The number of rotatable bonds is 2. The number of nitrogens with zero attached hydrogens (tertiary/aromatic N) is 1. The zero-order chi connectivity index (χ0) is 11.4. The fourth-order valence-corrected chi connectivity index (χ4v) is 1.51. The molecule has 18 heavy (non-hydrogen) atoms. The number of halogens is 2. The van der Waals surface area contributed by atoms with Gasteiger partial charge in [-0.2, -0.15) is 0 Å². The van der Waals surface area contributed by atoms with E-state index in [9.17, 15) is 0 Å². The average molecular weight is 293 g/mol. The summed E-state index contributed by atoms with van der Waals surface area (Å²) >= 11 is 0. The van der Waals surface area contributed by atoms with Crippen LogP contribution in [0.5, 0.6) is 5.75 Å². The summed E-state index contributed by atoms with van der Waals surface area (Å²) in [6.07, 6.45) is 1.63. The molecule has 2 N–H and O–H groups in total. The van der Waals surface area contributed by atoms with E-state index in [2.05, 4.69) is 4.90 Å². The lowest BCUT2D eigenvalue weighted by Crippen LogP contribution is -2.31. The highest BCUT2D eigenvalue weighted by molar-refractivity contribution is 5.85. The van der Waals surface area contributed by atoms with Gasteiger partial charge in [0.15, 0.2) is 0 Å². The Balaban J connectivity index is 0.00000144. The van der Waals surface area contributed by atoms with Gasteiger partial charge in [-0.05, 0) is 19.2 Å². The Hall–Kier alpha value is -1.10. The quantitative estimate of drug-likeness (QED) is 0.671. The van der Waals surface area contributed by atoms with Crippen LogP contribution in [0.1, 0.15) is 0 Å². The van der Waals surface area contributed by atoms with Gasteiger partial charge in [0.2, 0.25) is 0 Å². The van der Waals surface area contributed by atoms with E-state index in [1.807, 2.05) is 31.3 Å². The minimum absolute atomic E-state index is 0. The average Bonchev–Trinajstić information content (AvgIpc) is 2.28. The molecule has 2 rings (SSSR count). The van der Waals surface area contributed by atoms with E-state index in [4.69, 9.17) is 15.2 Å². The first-order chi connectivity index (χ1) is 7.75. The fourth-order valence-electron chi connectivity index (χ4n) is 1.51. The number of para-hydroxylation sites is 2. The van der Waals surface area contributed by atoms with Crippen molar-refractivity contribution in [2.24, 2.45) is 0 Å². The van der Waals surface area contributed by atoms with Gasteiger partial charge in [-0.3, -0.25) is 4.90 Å². The van der Waals surface area contributed by atoms with E-state index in [0.29, 0.717) is 18.0 Å². The number of likely N-dealkylation sites (N-methyl/N-ethyl adjacent to an activating group) is 1. The molecule has 0 atom stereocenters. The van der Waals surface area contributed by atoms with Gasteiger partial charge in [0, 0.05) is 6.54 Å². The highest BCUT2D eigenvalue weighted by Crippen LogP contribution is 2.20. The van der Waals surface area contributed by atoms with Crippen LogP contribution in [0.15, 0.2) is 36.3 Å². The van der Waals surface area contributed by atoms with Crippen molar-refractivity contribution >= 4 is 30.5 Å². The van der Waals surface area contributed by atoms with Crippen LogP contribution in [-0.2, 0) is 4.74 Å². The third-order valence-corrected chi connectivity index (χ3v) is 2.42. The standard InChI is InChI=1S/C12H16N2O2.2ClH/c1-14-6-7-15-10(8-14)9-16-12-5-3-2-4-11(12)13;;/h2-5,9H,6-8,13H2,1H3;2*1H. The van der Waals surface area contributed by atoms with Gasteiger partial charge in [0.25, 0.3) is 0 Å². The van der Waals surface area contributed by atoms with Crippen molar-refractivity contribution in [1.29, 1.82) is 0 Å². The minimum atomic E-state index is 0. The van der Waals surface area contributed by atoms with Gasteiger partial charge >= 0.3 is 0 Å². The lowest BCUT2D eigenvalue weighted by Gasteiger charge is -2.24. The smallest absolute Gasteiger partial charge is 0.149 e. The summed E-state index contributed by atoms with van der Waals surface area (Å²) in [5.41, 5.74) is 6.39. The number of ether oxygens (including phenoxy) is 2. The third kappa shape index (κ3) is 4.64. The first-order valence-electron chi connectivity index (χ1n) is 5.27. The molecule has 0 unspecified atom stereocenters. The van der Waals surface area contributed by atoms with Gasteiger partial charge in [-0.25, -0.2) is 0 Å². The zero-order valence-electron chi connectivity index (χ0n) is 10.2. The maximum absolute atomic E-state index is 5.76. The molecule has 1 aromatic rings. The Kier molecular flexibility index (Phi) is 7.59. The molecule has 1 heterocycles. The Labute approximate surface area is 120 Å². The number of nitrogen functional groups attached to an aromatic ring is 1. The second-order valence-corrected chi connectivity index (χ2v) is 3.83. The molecule has 0 aliphatic carbocycles. The first kappa shape index (κ1) is 16.9. The lowest BCUT2D eigenvalue weighted by atomic mass is 10.3. The van der Waals surface area contributed by atoms with Crippen molar-refractivity contribution in [2.75, 3.05) is 32.5 Å². The molecular weight excluding hydrogens is 275 g/mol. The molecule has 6 heteroatoms. The summed E-state index contributed by atoms with van der Waals surface area (Å²) in [4.78, 5) is 2.17. The number of benzene rings is 1. The topological polar surface area (TPSA) is 47.7 Å². The van der Waals surface area contributed by atoms with Gasteiger partial charge in [0.05, 0.1) is 12.2 Å². The van der Waals surface area contributed by atoms with E-state index in [0.717, 1.165) is 18.8 Å². The molecule has 1 aliphatic heterocycles. The molecule has 1 fully saturated rings. The Bertz CT molecular complexity index is 399. The minimum Gasteiger partial charge on any atom is -0.492 e. The predicted molar refractivity (Wildman–Crippen MR) is 77.5 cm³/mol. The van der Waals surface area contributed by atoms with Crippen LogP contribution in [0.2, 0.25) is 0 Å². The Morgan fingerprint density at radius 2 is 2.06 bits per heavy atom. The predicted octanol–water partition coefficient (Wildman–Crippen LogP) is 2.29. The van der Waals surface area contributed by atoms with E-state index in [1.54, 1.807) is 6.26 Å². The van der Waals surface area contributed by atoms with Crippen molar-refractivity contribution in [3.63, 3.8) is 0 Å². The second kappa shape index (κ2) is 8.08. The van der Waals surface area contributed by atoms with Crippen molar-refractivity contribution in [2.45, 2.75) is 0 Å². The van der Waals surface area contributed by atoms with E-state index >= 15 is 0 Å². The lowest BCUT2D eigenvalue weighted by molar-refractivity contribution is 0.104. The molecule has 1 aromatic carbocycles. The molecule has 4 nitrogen and oxygen atoms in total. The Morgan fingerprint density at radius 1 is 1.33 bits per heavy atom. The third-order valence-electron chi connectivity index (χ3n) is 2.42. The summed E-state index contributed by atoms with van der Waals surface area (Å²) in [6.45, 7) is 2.42. The molecule has 0 radical (unpaired) electrons. The number of morpholine rings is 1. The van der Waals surface area contributed by atoms with Gasteiger partial charge in [-0.15, -0.1) is 24.8 Å². The summed E-state index contributed by atoms with van der Waals surface area (Å²) in [7, 11) is 2.05. The molecular formula is C12H18Cl2N2O2. The highest BCUT2D eigenvalue weighted by atomic mass is 35.5. The number of hydrogen-bond donors (Lipinski definition) is 1. The van der Waals surface area contributed by atoms with Crippen molar-refractivity contribution < 1.29 is 9.47 Å². The van der Waals surface area contributed by atoms with Crippen molar-refractivity contribution in [3.8, 4) is 5.75 Å². The van der Waals surface area contributed by atoms with E-state index in [-0.39, 0.29) is 24.8 Å². The summed E-state index contributed by atoms with van der Waals surface area (Å²) in [5.74, 6) is 1.49. The monoisotopic (exact) mass is 292 g/mol. The molecule has 0 saturated carbocycles. The maximum atomic E-state index is 5.76. The SMILES string of the molecule is CN1CCOC(=COc2ccccc2N)C1.Cl.Cl. The van der Waals surface area contributed by atoms with E-state index < -0.39 is 0 Å². The van der Waals surface area contributed by atoms with Crippen LogP contribution in [0, 0.1) is 0 Å². The van der Waals surface area contributed by atoms with Crippen LogP contribution in [-0.4, -0.2) is 31.6 Å². The second-order valence-electron chi connectivity index (χ2n) is 3.83. The molecule has 102 valence electrons. The van der Waals surface area contributed by atoms with Crippen molar-refractivity contribution in [1.82, 2.24) is 4.90 Å². The fraction of sp³-hybridized carbons (Fsp3) is 0.333. The van der Waals surface area contributed by atoms with Crippen LogP contribution in [0.4, 0.5) is 5.69 Å². The van der Waals surface area contributed by atoms with Crippen LogP contribution < -0.4 is 10.5 Å². The highest BCUT2D eigenvalue weighted by Gasteiger charge is 2.11. The van der Waals surface area contributed by atoms with Gasteiger partial charge in [-0.1, -0.05) is 12.1 Å². The maximum Gasteiger partial charge on any atom is 0.149 e. The number of anilines is 1. The molecule has 0 aromatic heterocycles. The zero-order valence-corrected chi connectivity index (χ0v) is 11.8. The summed E-state index contributed by atoms with van der Waals surface area (Å²) in [6, 6.07) is 7.40. The van der Waals surface area contributed by atoms with Gasteiger partial charge < -0.3 is 15.2 Å². The largest absolute Gasteiger partial charge is 0.492 e. The molecule has 0 bridgehead atoms. The van der Waals surface area contributed by atoms with Crippen LogP contribution in [0.25, 0.3) is 0 Å². The molecule has 0 amide bonds. The summed E-state index contributed by atoms with van der Waals surface area (Å²) in [5, 5.41) is 0. The van der Waals surface area contributed by atoms with E-state index in [1.165, 1.54) is 0 Å². The van der Waals surface area contributed by atoms with Gasteiger partial charge in [0.1, 0.15) is 24.4 Å². The number of nitrogens with two attached hydrogens (primary N) is 1.